The van der Waals surface area contributed by atoms with E-state index in [0.29, 0.717) is 17.9 Å². The molecule has 1 rings (SSSR count). The van der Waals surface area contributed by atoms with Crippen molar-refractivity contribution in [3.8, 4) is 0 Å². The Bertz CT molecular complexity index is 253. The fourth-order valence-electron chi connectivity index (χ4n) is 1.98. The summed E-state index contributed by atoms with van der Waals surface area (Å²) in [4.78, 5) is 10.5. The van der Waals surface area contributed by atoms with Crippen LogP contribution in [0.5, 0.6) is 0 Å². The monoisotopic (exact) mass is 198 g/mol. The van der Waals surface area contributed by atoms with Crippen LogP contribution in [-0.4, -0.2) is 24.8 Å². The van der Waals surface area contributed by atoms with Crippen LogP contribution >= 0.6 is 0 Å². The molecule has 0 saturated heterocycles. The van der Waals surface area contributed by atoms with Gasteiger partial charge in [-0.05, 0) is 24.2 Å². The quantitative estimate of drug-likeness (QED) is 0.735. The highest BCUT2D eigenvalue weighted by Crippen LogP contribution is 2.36. The maximum Gasteiger partial charge on any atom is 0.331 e. The number of hydrogen-bond donors (Lipinski definition) is 1. The van der Waals surface area contributed by atoms with Gasteiger partial charge in [-0.2, -0.15) is 0 Å². The minimum atomic E-state index is -0.772. The first-order chi connectivity index (χ1) is 6.44. The molecule has 0 aromatic carbocycles. The van der Waals surface area contributed by atoms with Crippen LogP contribution in [0.2, 0.25) is 0 Å². The van der Waals surface area contributed by atoms with Gasteiger partial charge in [0.05, 0.1) is 6.61 Å². The van der Waals surface area contributed by atoms with E-state index in [9.17, 15) is 4.79 Å². The molecule has 0 fully saturated rings. The van der Waals surface area contributed by atoms with Crippen LogP contribution in [0.4, 0.5) is 0 Å². The van der Waals surface area contributed by atoms with Crippen molar-refractivity contribution < 1.29 is 14.6 Å². The lowest BCUT2D eigenvalue weighted by Gasteiger charge is -2.31. The second kappa shape index (κ2) is 4.13. The van der Waals surface area contributed by atoms with E-state index in [0.717, 1.165) is 13.0 Å². The summed E-state index contributed by atoms with van der Waals surface area (Å²) in [5.74, 6) is -0.350. The molecule has 1 aliphatic rings. The van der Waals surface area contributed by atoms with E-state index in [1.165, 1.54) is 0 Å². The number of carboxylic acid groups (broad SMARTS) is 1. The number of aliphatic carboxylic acids is 1. The summed E-state index contributed by atoms with van der Waals surface area (Å²) in [6.45, 7) is 5.01. The van der Waals surface area contributed by atoms with Crippen molar-refractivity contribution in [2.75, 3.05) is 13.7 Å². The lowest BCUT2D eigenvalue weighted by atomic mass is 9.75. The number of methoxy groups -OCH3 is 1. The first-order valence-electron chi connectivity index (χ1n) is 4.87. The molecular weight excluding hydrogens is 180 g/mol. The summed E-state index contributed by atoms with van der Waals surface area (Å²) in [5.41, 5.74) is 0.697. The zero-order chi connectivity index (χ0) is 10.8. The molecule has 3 heteroatoms. The number of carboxylic acids is 1. The van der Waals surface area contributed by atoms with Crippen LogP contribution in [0.15, 0.2) is 11.6 Å². The van der Waals surface area contributed by atoms with Crippen molar-refractivity contribution in [2.24, 2.45) is 11.3 Å². The maximum atomic E-state index is 10.5. The molecule has 1 N–H and O–H groups in total. The van der Waals surface area contributed by atoms with E-state index >= 15 is 0 Å². The molecule has 0 aliphatic heterocycles. The Morgan fingerprint density at radius 3 is 2.71 bits per heavy atom. The van der Waals surface area contributed by atoms with E-state index < -0.39 is 5.97 Å². The van der Waals surface area contributed by atoms with Gasteiger partial charge in [-0.15, -0.1) is 0 Å². The smallest absolute Gasteiger partial charge is 0.331 e. The van der Waals surface area contributed by atoms with Crippen molar-refractivity contribution in [3.05, 3.63) is 11.6 Å². The lowest BCUT2D eigenvalue weighted by Crippen LogP contribution is -2.26. The standard InChI is InChI=1S/C11H18O3/c1-11(2,7-14-3)6-8-4-9(5-8)10(12)13/h4,8H,5-7H2,1-3H3,(H,12,13)/t8-/m1/s1. The largest absolute Gasteiger partial charge is 0.478 e. The highest BCUT2D eigenvalue weighted by molar-refractivity contribution is 5.88. The van der Waals surface area contributed by atoms with Gasteiger partial charge in [0.2, 0.25) is 0 Å². The van der Waals surface area contributed by atoms with Crippen LogP contribution in [0.25, 0.3) is 0 Å². The number of allylic oxidation sites excluding steroid dienone is 1. The second-order valence-electron chi connectivity index (χ2n) is 4.76. The van der Waals surface area contributed by atoms with Gasteiger partial charge in [-0.25, -0.2) is 4.79 Å². The molecule has 14 heavy (non-hydrogen) atoms. The molecule has 0 bridgehead atoms. The van der Waals surface area contributed by atoms with Crippen molar-refractivity contribution in [1.29, 1.82) is 0 Å². The SMILES string of the molecule is COCC(C)(C)C[C@@H]1C=C(C(=O)O)C1. The predicted molar refractivity (Wildman–Crippen MR) is 54.1 cm³/mol. The van der Waals surface area contributed by atoms with Crippen LogP contribution in [0.1, 0.15) is 26.7 Å². The molecule has 0 saturated carbocycles. The zero-order valence-corrected chi connectivity index (χ0v) is 9.04. The summed E-state index contributed by atoms with van der Waals surface area (Å²) in [6, 6.07) is 0. The number of carbonyl (C=O) groups is 1. The summed E-state index contributed by atoms with van der Waals surface area (Å²) in [7, 11) is 1.70. The Morgan fingerprint density at radius 1 is 1.71 bits per heavy atom. The van der Waals surface area contributed by atoms with Gasteiger partial charge in [0.25, 0.3) is 0 Å². The molecule has 3 nitrogen and oxygen atoms in total. The topological polar surface area (TPSA) is 46.5 Å². The summed E-state index contributed by atoms with van der Waals surface area (Å²) in [5, 5.41) is 8.66. The molecule has 0 spiro atoms. The molecule has 0 aromatic heterocycles. The van der Waals surface area contributed by atoms with E-state index in [1.54, 1.807) is 7.11 Å². The van der Waals surface area contributed by atoms with Gasteiger partial charge in [-0.1, -0.05) is 19.9 Å². The van der Waals surface area contributed by atoms with Crippen molar-refractivity contribution in [2.45, 2.75) is 26.7 Å². The summed E-state index contributed by atoms with van der Waals surface area (Å²) >= 11 is 0. The number of hydrogen-bond acceptors (Lipinski definition) is 2. The Labute approximate surface area is 84.8 Å². The van der Waals surface area contributed by atoms with Gasteiger partial charge < -0.3 is 9.84 Å². The van der Waals surface area contributed by atoms with Gasteiger partial charge >= 0.3 is 5.97 Å². The van der Waals surface area contributed by atoms with Crippen molar-refractivity contribution in [1.82, 2.24) is 0 Å². The minimum Gasteiger partial charge on any atom is -0.478 e. The van der Waals surface area contributed by atoms with Gasteiger partial charge in [-0.3, -0.25) is 0 Å². The van der Waals surface area contributed by atoms with E-state index in [-0.39, 0.29) is 5.41 Å². The van der Waals surface area contributed by atoms with E-state index in [1.807, 2.05) is 6.08 Å². The van der Waals surface area contributed by atoms with Crippen LogP contribution in [0.3, 0.4) is 0 Å². The molecule has 80 valence electrons. The third-order valence-corrected chi connectivity index (χ3v) is 2.54. The van der Waals surface area contributed by atoms with Crippen LogP contribution < -0.4 is 0 Å². The fraction of sp³-hybridized carbons (Fsp3) is 0.727. The Kier molecular flexibility index (Phi) is 3.32. The van der Waals surface area contributed by atoms with Crippen LogP contribution in [0, 0.1) is 11.3 Å². The summed E-state index contributed by atoms with van der Waals surface area (Å²) in [6.07, 6.45) is 3.57. The maximum absolute atomic E-state index is 10.5. The fourth-order valence-corrected chi connectivity index (χ4v) is 1.98. The second-order valence-corrected chi connectivity index (χ2v) is 4.76. The molecule has 0 amide bonds. The van der Waals surface area contributed by atoms with E-state index in [2.05, 4.69) is 13.8 Å². The van der Waals surface area contributed by atoms with Gasteiger partial charge in [0, 0.05) is 12.7 Å². The minimum absolute atomic E-state index is 0.139. The van der Waals surface area contributed by atoms with Gasteiger partial charge in [0.15, 0.2) is 0 Å². The molecular formula is C11H18O3. The van der Waals surface area contributed by atoms with Crippen molar-refractivity contribution in [3.63, 3.8) is 0 Å². The average molecular weight is 198 g/mol. The third-order valence-electron chi connectivity index (χ3n) is 2.54. The molecule has 0 heterocycles. The Hall–Kier alpha value is -0.830. The molecule has 1 aliphatic carbocycles. The zero-order valence-electron chi connectivity index (χ0n) is 9.04. The molecule has 0 unspecified atom stereocenters. The van der Waals surface area contributed by atoms with Crippen LogP contribution in [-0.2, 0) is 9.53 Å². The molecule has 0 aromatic rings. The normalized spacial score (nSPS) is 21.4. The highest BCUT2D eigenvalue weighted by atomic mass is 16.5. The number of ether oxygens (including phenoxy) is 1. The average Bonchev–Trinajstić information content (AvgIpc) is 1.95. The number of rotatable bonds is 5. The molecule has 0 radical (unpaired) electrons. The highest BCUT2D eigenvalue weighted by Gasteiger charge is 2.29. The molecule has 1 atom stereocenters. The first-order valence-corrected chi connectivity index (χ1v) is 4.87. The lowest BCUT2D eigenvalue weighted by molar-refractivity contribution is -0.133. The van der Waals surface area contributed by atoms with Gasteiger partial charge in [0.1, 0.15) is 0 Å². The Balaban J connectivity index is 2.39. The summed E-state index contributed by atoms with van der Waals surface area (Å²) < 4.78 is 5.11. The first kappa shape index (κ1) is 11.2. The van der Waals surface area contributed by atoms with Crippen molar-refractivity contribution >= 4 is 5.97 Å². The predicted octanol–water partition coefficient (Wildman–Crippen LogP) is 2.08. The Morgan fingerprint density at radius 2 is 2.29 bits per heavy atom. The van der Waals surface area contributed by atoms with E-state index in [4.69, 9.17) is 9.84 Å². The third kappa shape index (κ3) is 2.84.